The Labute approximate surface area is 126 Å². The van der Waals surface area contributed by atoms with Crippen molar-refractivity contribution in [3.8, 4) is 5.75 Å². The highest BCUT2D eigenvalue weighted by molar-refractivity contribution is 6.04. The normalized spacial score (nSPS) is 11.3. The standard InChI is InChI=1S/C16H14N4O2/c1-20-9-13(15(19-20)16(17)22)18-8-12-11-5-3-2-4-10(11)6-7-14(12)21/h2-9,21H,1H3,(H2,17,22). The van der Waals surface area contributed by atoms with Crippen LogP contribution < -0.4 is 5.73 Å². The van der Waals surface area contributed by atoms with E-state index >= 15 is 0 Å². The largest absolute Gasteiger partial charge is 0.507 e. The van der Waals surface area contributed by atoms with Crippen molar-refractivity contribution in [2.75, 3.05) is 0 Å². The number of carbonyl (C=O) groups excluding carboxylic acids is 1. The Morgan fingerprint density at radius 2 is 2.09 bits per heavy atom. The molecule has 0 unspecified atom stereocenters. The van der Waals surface area contributed by atoms with Crippen molar-refractivity contribution in [1.29, 1.82) is 0 Å². The van der Waals surface area contributed by atoms with E-state index in [2.05, 4.69) is 10.1 Å². The highest BCUT2D eigenvalue weighted by Crippen LogP contribution is 2.26. The van der Waals surface area contributed by atoms with E-state index in [0.29, 0.717) is 11.3 Å². The average molecular weight is 294 g/mol. The summed E-state index contributed by atoms with van der Waals surface area (Å²) in [6.07, 6.45) is 3.11. The molecule has 0 atom stereocenters. The van der Waals surface area contributed by atoms with Gasteiger partial charge in [-0.15, -0.1) is 0 Å². The zero-order valence-electron chi connectivity index (χ0n) is 11.9. The third kappa shape index (κ3) is 2.42. The molecule has 110 valence electrons. The van der Waals surface area contributed by atoms with E-state index in [1.807, 2.05) is 30.3 Å². The third-order valence-electron chi connectivity index (χ3n) is 3.32. The van der Waals surface area contributed by atoms with Crippen molar-refractivity contribution >= 4 is 28.6 Å². The molecular formula is C16H14N4O2. The molecule has 2 aromatic carbocycles. The number of benzene rings is 2. The van der Waals surface area contributed by atoms with Crippen molar-refractivity contribution in [3.05, 3.63) is 53.9 Å². The SMILES string of the molecule is Cn1cc(N=Cc2c(O)ccc3ccccc23)c(C(N)=O)n1. The van der Waals surface area contributed by atoms with Crippen LogP contribution in [0.15, 0.2) is 47.6 Å². The molecular weight excluding hydrogens is 280 g/mol. The third-order valence-corrected chi connectivity index (χ3v) is 3.32. The molecule has 0 bridgehead atoms. The fourth-order valence-electron chi connectivity index (χ4n) is 2.30. The number of hydrogen-bond donors (Lipinski definition) is 2. The Balaban J connectivity index is 2.10. The maximum Gasteiger partial charge on any atom is 0.271 e. The van der Waals surface area contributed by atoms with Crippen molar-refractivity contribution < 1.29 is 9.90 Å². The number of aryl methyl sites for hydroxylation is 1. The van der Waals surface area contributed by atoms with Crippen LogP contribution in [0.2, 0.25) is 0 Å². The van der Waals surface area contributed by atoms with Gasteiger partial charge in [0.05, 0.1) is 6.20 Å². The van der Waals surface area contributed by atoms with E-state index in [0.717, 1.165) is 10.8 Å². The first-order valence-corrected chi connectivity index (χ1v) is 6.64. The number of carbonyl (C=O) groups is 1. The monoisotopic (exact) mass is 294 g/mol. The van der Waals surface area contributed by atoms with Gasteiger partial charge < -0.3 is 10.8 Å². The van der Waals surface area contributed by atoms with Gasteiger partial charge in [-0.25, -0.2) is 0 Å². The summed E-state index contributed by atoms with van der Waals surface area (Å²) >= 11 is 0. The summed E-state index contributed by atoms with van der Waals surface area (Å²) < 4.78 is 1.47. The molecule has 0 saturated heterocycles. The minimum atomic E-state index is -0.644. The first-order chi connectivity index (χ1) is 10.6. The summed E-state index contributed by atoms with van der Waals surface area (Å²) in [5.41, 5.74) is 6.32. The summed E-state index contributed by atoms with van der Waals surface area (Å²) in [4.78, 5) is 15.6. The van der Waals surface area contributed by atoms with E-state index in [9.17, 15) is 9.90 Å². The van der Waals surface area contributed by atoms with Gasteiger partial charge in [0.15, 0.2) is 5.69 Å². The van der Waals surface area contributed by atoms with Crippen molar-refractivity contribution in [1.82, 2.24) is 9.78 Å². The van der Waals surface area contributed by atoms with Crippen molar-refractivity contribution in [2.24, 2.45) is 17.8 Å². The second kappa shape index (κ2) is 5.33. The minimum absolute atomic E-state index is 0.0958. The molecule has 0 aliphatic heterocycles. The van der Waals surface area contributed by atoms with Gasteiger partial charge in [0, 0.05) is 18.8 Å². The lowest BCUT2D eigenvalue weighted by Gasteiger charge is -2.04. The van der Waals surface area contributed by atoms with Crippen LogP contribution in [0.5, 0.6) is 5.75 Å². The zero-order valence-corrected chi connectivity index (χ0v) is 11.9. The second-order valence-corrected chi connectivity index (χ2v) is 4.88. The van der Waals surface area contributed by atoms with Crippen molar-refractivity contribution in [2.45, 2.75) is 0 Å². The van der Waals surface area contributed by atoms with Crippen LogP contribution in [0.25, 0.3) is 10.8 Å². The number of fused-ring (bicyclic) bond motifs is 1. The lowest BCUT2D eigenvalue weighted by Crippen LogP contribution is -2.12. The first-order valence-electron chi connectivity index (χ1n) is 6.64. The molecule has 0 spiro atoms. The highest BCUT2D eigenvalue weighted by atomic mass is 16.3. The number of aromatic nitrogens is 2. The summed E-state index contributed by atoms with van der Waals surface area (Å²) in [7, 11) is 1.68. The molecule has 1 amide bonds. The molecule has 6 nitrogen and oxygen atoms in total. The van der Waals surface area contributed by atoms with E-state index in [-0.39, 0.29) is 11.4 Å². The molecule has 0 fully saturated rings. The lowest BCUT2D eigenvalue weighted by molar-refractivity contribution is 0.0995. The number of primary amides is 1. The predicted molar refractivity (Wildman–Crippen MR) is 84.6 cm³/mol. The van der Waals surface area contributed by atoms with Crippen LogP contribution >= 0.6 is 0 Å². The second-order valence-electron chi connectivity index (χ2n) is 4.88. The lowest BCUT2D eigenvalue weighted by atomic mass is 10.0. The van der Waals surface area contributed by atoms with Crippen LogP contribution in [-0.2, 0) is 7.05 Å². The maximum atomic E-state index is 11.3. The molecule has 0 aliphatic carbocycles. The molecule has 6 heteroatoms. The van der Waals surface area contributed by atoms with Gasteiger partial charge in [-0.2, -0.15) is 5.10 Å². The van der Waals surface area contributed by atoms with Crippen LogP contribution in [0.4, 0.5) is 5.69 Å². The topological polar surface area (TPSA) is 93.5 Å². The van der Waals surface area contributed by atoms with Crippen LogP contribution in [-0.4, -0.2) is 27.0 Å². The Hall–Kier alpha value is -3.15. The highest BCUT2D eigenvalue weighted by Gasteiger charge is 2.12. The number of rotatable bonds is 3. The first kappa shape index (κ1) is 13.8. The van der Waals surface area contributed by atoms with Gasteiger partial charge in [-0.3, -0.25) is 14.5 Å². The van der Waals surface area contributed by atoms with Gasteiger partial charge in [0.2, 0.25) is 0 Å². The number of nitrogens with two attached hydrogens (primary N) is 1. The van der Waals surface area contributed by atoms with Gasteiger partial charge in [-0.05, 0) is 16.8 Å². The summed E-state index contributed by atoms with van der Waals surface area (Å²) in [6, 6.07) is 11.1. The summed E-state index contributed by atoms with van der Waals surface area (Å²) in [5.74, 6) is -0.526. The fraction of sp³-hybridized carbons (Fsp3) is 0.0625. The minimum Gasteiger partial charge on any atom is -0.507 e. The number of nitrogens with zero attached hydrogens (tertiary/aromatic N) is 3. The molecule has 0 aliphatic rings. The molecule has 0 radical (unpaired) electrons. The van der Waals surface area contributed by atoms with Gasteiger partial charge in [-0.1, -0.05) is 30.3 Å². The number of amides is 1. The number of aliphatic imine (C=N–C) groups is 1. The summed E-state index contributed by atoms with van der Waals surface area (Å²) in [6.45, 7) is 0. The van der Waals surface area contributed by atoms with E-state index in [1.54, 1.807) is 19.3 Å². The van der Waals surface area contributed by atoms with Gasteiger partial charge in [0.25, 0.3) is 5.91 Å². The van der Waals surface area contributed by atoms with Gasteiger partial charge in [0.1, 0.15) is 11.4 Å². The Morgan fingerprint density at radius 1 is 1.32 bits per heavy atom. The number of phenolic OH excluding ortho intramolecular Hbond substituents is 1. The van der Waals surface area contributed by atoms with E-state index < -0.39 is 5.91 Å². The average Bonchev–Trinajstić information content (AvgIpc) is 2.87. The molecule has 3 aromatic rings. The Bertz CT molecular complexity index is 896. The van der Waals surface area contributed by atoms with Crippen LogP contribution in [0, 0.1) is 0 Å². The zero-order chi connectivity index (χ0) is 15.7. The molecule has 3 N–H and O–H groups in total. The van der Waals surface area contributed by atoms with Crippen LogP contribution in [0.3, 0.4) is 0 Å². The maximum absolute atomic E-state index is 11.3. The molecule has 1 aromatic heterocycles. The quantitative estimate of drug-likeness (QED) is 0.724. The predicted octanol–water partition coefficient (Wildman–Crippen LogP) is 2.13. The number of phenols is 1. The molecule has 1 heterocycles. The molecule has 22 heavy (non-hydrogen) atoms. The Kier molecular flexibility index (Phi) is 3.34. The van der Waals surface area contributed by atoms with Gasteiger partial charge >= 0.3 is 0 Å². The smallest absolute Gasteiger partial charge is 0.271 e. The van der Waals surface area contributed by atoms with E-state index in [4.69, 9.17) is 5.73 Å². The fourth-order valence-corrected chi connectivity index (χ4v) is 2.30. The molecule has 3 rings (SSSR count). The number of aromatic hydroxyl groups is 1. The molecule has 0 saturated carbocycles. The summed E-state index contributed by atoms with van der Waals surface area (Å²) in [5, 5.41) is 15.9. The van der Waals surface area contributed by atoms with Crippen LogP contribution in [0.1, 0.15) is 16.1 Å². The van der Waals surface area contributed by atoms with E-state index in [1.165, 1.54) is 10.9 Å². The van der Waals surface area contributed by atoms with Crippen molar-refractivity contribution in [3.63, 3.8) is 0 Å². The number of hydrogen-bond acceptors (Lipinski definition) is 4. The Morgan fingerprint density at radius 3 is 2.86 bits per heavy atom.